The number of aromatic nitrogens is 4. The largest absolute Gasteiger partial charge is 0.458 e. The molecule has 0 radical (unpaired) electrons. The molecule has 12 heteroatoms. The lowest BCUT2D eigenvalue weighted by atomic mass is 9.86. The summed E-state index contributed by atoms with van der Waals surface area (Å²) in [5.41, 5.74) is 10.5. The molecule has 0 fully saturated rings. The highest BCUT2D eigenvalue weighted by atomic mass is 16.6. The number of fused-ring (bicyclic) bond motifs is 5. The topological polar surface area (TPSA) is 178 Å². The summed E-state index contributed by atoms with van der Waals surface area (Å²) in [5.74, 6) is -1.24. The standard InChI is InChI=1S/C27H25N7O5/c1-2-27(38)19-8-22-23-17(11-34(22)25(36)18(19)12-39-26(27)37)16(15-5-3-4-6-21(15)32-23)10-31-33-24(35)20(28)7-14-9-29-13-30-14/h3-6,8-10,13,20,38H,2,7,11-12,28H2,1H3,(H,29,30)(H,33,35). The van der Waals surface area contributed by atoms with E-state index in [4.69, 9.17) is 15.5 Å². The van der Waals surface area contributed by atoms with Crippen LogP contribution in [0.1, 0.15) is 41.3 Å². The molecule has 0 spiro atoms. The number of imidazole rings is 1. The number of aromatic amines is 1. The summed E-state index contributed by atoms with van der Waals surface area (Å²) in [6.07, 6.45) is 4.97. The minimum absolute atomic E-state index is 0.0554. The molecule has 4 aromatic rings. The number of amides is 1. The number of esters is 1. The molecule has 5 heterocycles. The quantitative estimate of drug-likeness (QED) is 0.142. The van der Waals surface area contributed by atoms with Crippen molar-refractivity contribution in [2.24, 2.45) is 10.8 Å². The highest BCUT2D eigenvalue weighted by Crippen LogP contribution is 2.39. The number of cyclic esters (lactones) is 1. The number of nitrogens with one attached hydrogen (secondary N) is 2. The van der Waals surface area contributed by atoms with E-state index in [1.807, 2.05) is 24.3 Å². The first-order chi connectivity index (χ1) is 18.8. The number of hydrazone groups is 1. The number of benzene rings is 1. The SMILES string of the molecule is CCC1(O)C(=O)OCc2c1cc1n(c2=O)Cc2c-1nc1ccccc1c2C=NNC(=O)C(N)Cc1cnc[nH]1. The highest BCUT2D eigenvalue weighted by molar-refractivity contribution is 6.02. The molecule has 1 amide bonds. The lowest BCUT2D eigenvalue weighted by Crippen LogP contribution is -2.44. The number of hydrogen-bond donors (Lipinski definition) is 4. The lowest BCUT2D eigenvalue weighted by Gasteiger charge is -2.31. The van der Waals surface area contributed by atoms with Crippen molar-refractivity contribution in [2.45, 2.75) is 44.6 Å². The third-order valence-corrected chi connectivity index (χ3v) is 7.34. The third kappa shape index (κ3) is 3.92. The summed E-state index contributed by atoms with van der Waals surface area (Å²) in [5, 5.41) is 16.1. The molecule has 2 aliphatic heterocycles. The molecule has 0 saturated carbocycles. The average molecular weight is 528 g/mol. The van der Waals surface area contributed by atoms with E-state index >= 15 is 0 Å². The molecule has 198 valence electrons. The van der Waals surface area contributed by atoms with Crippen molar-refractivity contribution in [1.82, 2.24) is 24.9 Å². The van der Waals surface area contributed by atoms with E-state index in [-0.39, 0.29) is 42.7 Å². The number of aliphatic hydroxyl groups is 1. The molecule has 2 unspecified atom stereocenters. The van der Waals surface area contributed by atoms with Gasteiger partial charge in [0.25, 0.3) is 11.5 Å². The van der Waals surface area contributed by atoms with E-state index in [1.165, 1.54) is 12.5 Å². The van der Waals surface area contributed by atoms with Gasteiger partial charge in [0.2, 0.25) is 0 Å². The molecular weight excluding hydrogens is 502 g/mol. The van der Waals surface area contributed by atoms with Crippen LogP contribution >= 0.6 is 0 Å². The Morgan fingerprint density at radius 3 is 2.95 bits per heavy atom. The smallest absolute Gasteiger partial charge is 0.343 e. The molecule has 2 atom stereocenters. The number of ether oxygens (including phenoxy) is 1. The van der Waals surface area contributed by atoms with Gasteiger partial charge in [-0.3, -0.25) is 9.59 Å². The monoisotopic (exact) mass is 527 g/mol. The van der Waals surface area contributed by atoms with Crippen LogP contribution in [0.2, 0.25) is 0 Å². The molecule has 1 aromatic carbocycles. The van der Waals surface area contributed by atoms with Gasteiger partial charge in [0.05, 0.1) is 47.6 Å². The zero-order valence-electron chi connectivity index (χ0n) is 21.0. The molecule has 3 aromatic heterocycles. The predicted octanol–water partition coefficient (Wildman–Crippen LogP) is 0.823. The Morgan fingerprint density at radius 1 is 1.36 bits per heavy atom. The maximum atomic E-state index is 13.5. The van der Waals surface area contributed by atoms with Crippen molar-refractivity contribution >= 4 is 29.0 Å². The second-order valence-corrected chi connectivity index (χ2v) is 9.59. The van der Waals surface area contributed by atoms with E-state index in [0.717, 1.165) is 16.6 Å². The van der Waals surface area contributed by atoms with Crippen LogP contribution in [0.25, 0.3) is 22.3 Å². The number of carbonyl (C=O) groups is 2. The fraction of sp³-hybridized carbons (Fsp3) is 0.259. The number of pyridine rings is 2. The zero-order chi connectivity index (χ0) is 27.3. The summed E-state index contributed by atoms with van der Waals surface area (Å²) in [4.78, 5) is 50.2. The van der Waals surface area contributed by atoms with Crippen molar-refractivity contribution in [3.63, 3.8) is 0 Å². The van der Waals surface area contributed by atoms with Gasteiger partial charge >= 0.3 is 5.97 Å². The minimum Gasteiger partial charge on any atom is -0.458 e. The number of carbonyl (C=O) groups excluding carboxylic acids is 2. The lowest BCUT2D eigenvalue weighted by molar-refractivity contribution is -0.172. The number of nitrogens with zero attached hydrogens (tertiary/aromatic N) is 4. The van der Waals surface area contributed by atoms with Crippen molar-refractivity contribution in [3.05, 3.63) is 81.2 Å². The third-order valence-electron chi connectivity index (χ3n) is 7.34. The Kier molecular flexibility index (Phi) is 5.85. The molecule has 2 aliphatic rings. The molecular formula is C27H25N7O5. The second kappa shape index (κ2) is 9.26. The number of nitrogens with two attached hydrogens (primary N) is 1. The molecule has 12 nitrogen and oxygen atoms in total. The fourth-order valence-corrected chi connectivity index (χ4v) is 5.18. The van der Waals surface area contributed by atoms with Gasteiger partial charge in [-0.2, -0.15) is 5.10 Å². The molecule has 39 heavy (non-hydrogen) atoms. The maximum absolute atomic E-state index is 13.5. The highest BCUT2D eigenvalue weighted by Gasteiger charge is 2.45. The molecule has 0 bridgehead atoms. The summed E-state index contributed by atoms with van der Waals surface area (Å²) in [6, 6.07) is 8.26. The van der Waals surface area contributed by atoms with Crippen LogP contribution in [0.4, 0.5) is 0 Å². The summed E-state index contributed by atoms with van der Waals surface area (Å²) >= 11 is 0. The Balaban J connectivity index is 1.40. The number of H-pyrrole nitrogens is 1. The van der Waals surface area contributed by atoms with Crippen LogP contribution in [0.3, 0.4) is 0 Å². The van der Waals surface area contributed by atoms with Gasteiger partial charge in [0, 0.05) is 40.4 Å². The van der Waals surface area contributed by atoms with Crippen molar-refractivity contribution in [3.8, 4) is 11.4 Å². The van der Waals surface area contributed by atoms with Gasteiger partial charge in [-0.1, -0.05) is 25.1 Å². The maximum Gasteiger partial charge on any atom is 0.343 e. The Morgan fingerprint density at radius 2 is 2.18 bits per heavy atom. The van der Waals surface area contributed by atoms with Crippen LogP contribution in [-0.4, -0.2) is 48.8 Å². The van der Waals surface area contributed by atoms with E-state index in [1.54, 1.807) is 23.8 Å². The van der Waals surface area contributed by atoms with E-state index in [2.05, 4.69) is 20.5 Å². The fourth-order valence-electron chi connectivity index (χ4n) is 5.18. The van der Waals surface area contributed by atoms with Crippen LogP contribution < -0.4 is 16.7 Å². The molecule has 6 rings (SSSR count). The number of rotatable bonds is 6. The molecule has 5 N–H and O–H groups in total. The van der Waals surface area contributed by atoms with Gasteiger partial charge in [-0.25, -0.2) is 20.2 Å². The molecule has 0 saturated heterocycles. The van der Waals surface area contributed by atoms with Crippen LogP contribution in [0.5, 0.6) is 0 Å². The first-order valence-corrected chi connectivity index (χ1v) is 12.5. The van der Waals surface area contributed by atoms with Crippen LogP contribution in [-0.2, 0) is 39.5 Å². The van der Waals surface area contributed by atoms with Gasteiger partial charge in [0.1, 0.15) is 6.61 Å². The number of hydrogen-bond acceptors (Lipinski definition) is 9. The average Bonchev–Trinajstić information content (AvgIpc) is 3.58. The van der Waals surface area contributed by atoms with E-state index in [0.29, 0.717) is 22.5 Å². The van der Waals surface area contributed by atoms with Crippen molar-refractivity contribution in [2.75, 3.05) is 0 Å². The first kappa shape index (κ1) is 24.6. The normalized spacial score (nSPS) is 18.5. The van der Waals surface area contributed by atoms with Gasteiger partial charge < -0.3 is 25.1 Å². The van der Waals surface area contributed by atoms with Gasteiger partial charge in [-0.05, 0) is 18.6 Å². The van der Waals surface area contributed by atoms with E-state index < -0.39 is 23.5 Å². The Hall–Kier alpha value is -4.68. The van der Waals surface area contributed by atoms with Gasteiger partial charge in [0.15, 0.2) is 5.60 Å². The predicted molar refractivity (Wildman–Crippen MR) is 141 cm³/mol. The second-order valence-electron chi connectivity index (χ2n) is 9.59. The minimum atomic E-state index is -1.91. The summed E-state index contributed by atoms with van der Waals surface area (Å²) in [6.45, 7) is 1.65. The van der Waals surface area contributed by atoms with Crippen LogP contribution in [0, 0.1) is 0 Å². The first-order valence-electron chi connectivity index (χ1n) is 12.5. The van der Waals surface area contributed by atoms with Crippen molar-refractivity contribution in [1.29, 1.82) is 0 Å². The molecule has 0 aliphatic carbocycles. The summed E-state index contributed by atoms with van der Waals surface area (Å²) in [7, 11) is 0. The summed E-state index contributed by atoms with van der Waals surface area (Å²) < 4.78 is 6.70. The van der Waals surface area contributed by atoms with E-state index in [9.17, 15) is 19.5 Å². The zero-order valence-corrected chi connectivity index (χ0v) is 21.0. The van der Waals surface area contributed by atoms with Crippen molar-refractivity contribution < 1.29 is 19.4 Å². The number of para-hydroxylation sites is 1. The van der Waals surface area contributed by atoms with Gasteiger partial charge in [-0.15, -0.1) is 0 Å². The Labute approximate surface area is 221 Å². The van der Waals surface area contributed by atoms with Crippen LogP contribution in [0.15, 0.2) is 52.8 Å². The Bertz CT molecular complexity index is 1730.